The lowest BCUT2D eigenvalue weighted by Crippen LogP contribution is -2.50. The number of amides is 1. The number of nitrogens with one attached hydrogen (secondary N) is 1. The van der Waals surface area contributed by atoms with Crippen molar-refractivity contribution >= 4 is 44.5 Å². The van der Waals surface area contributed by atoms with Gasteiger partial charge in [-0.1, -0.05) is 18.2 Å². The third-order valence-corrected chi connectivity index (χ3v) is 8.95. The van der Waals surface area contributed by atoms with Crippen molar-refractivity contribution < 1.29 is 19.0 Å². The van der Waals surface area contributed by atoms with Gasteiger partial charge in [0.2, 0.25) is 0 Å². The van der Waals surface area contributed by atoms with Gasteiger partial charge in [0.25, 0.3) is 5.56 Å². The van der Waals surface area contributed by atoms with Crippen LogP contribution in [-0.4, -0.2) is 76.7 Å². The molecule has 1 fully saturated rings. The van der Waals surface area contributed by atoms with E-state index in [2.05, 4.69) is 22.0 Å². The van der Waals surface area contributed by atoms with Crippen molar-refractivity contribution in [2.45, 2.75) is 39.8 Å². The number of aromatic amines is 1. The molecule has 1 N–H and O–H groups in total. The molecule has 0 atom stereocenters. The molecule has 11 nitrogen and oxygen atoms in total. The highest BCUT2D eigenvalue weighted by Gasteiger charge is 2.27. The maximum absolute atomic E-state index is 14.1. The van der Waals surface area contributed by atoms with E-state index < -0.39 is 5.60 Å². The molecule has 3 aromatic carbocycles. The SMILES string of the molecule is COc1ccc(Cn2nc(C)c3c4c(c(-c5ccc(OC)cc5)nc32)c(=O)[nH]c2cc(N3CCN(C(=O)OC(C)(C)C)CC3)ccc24)cc1. The summed E-state index contributed by atoms with van der Waals surface area (Å²) < 4.78 is 18.2. The Bertz CT molecular complexity index is 2240. The number of carbonyl (C=O) groups excluding carboxylic acids is 1. The van der Waals surface area contributed by atoms with Crippen LogP contribution in [0.3, 0.4) is 0 Å². The molecule has 3 aromatic heterocycles. The zero-order valence-electron chi connectivity index (χ0n) is 28.7. The summed E-state index contributed by atoms with van der Waals surface area (Å²) >= 11 is 0. The minimum Gasteiger partial charge on any atom is -0.497 e. The van der Waals surface area contributed by atoms with Crippen molar-refractivity contribution in [1.82, 2.24) is 24.6 Å². The Kier molecular flexibility index (Phi) is 8.14. The number of hydrogen-bond acceptors (Lipinski definition) is 8. The van der Waals surface area contributed by atoms with E-state index in [-0.39, 0.29) is 11.7 Å². The van der Waals surface area contributed by atoms with Gasteiger partial charge in [0.1, 0.15) is 17.1 Å². The van der Waals surface area contributed by atoms with Crippen molar-refractivity contribution in [3.63, 3.8) is 0 Å². The topological polar surface area (TPSA) is 115 Å². The molecule has 0 radical (unpaired) electrons. The first-order valence-corrected chi connectivity index (χ1v) is 16.4. The average molecular weight is 661 g/mol. The summed E-state index contributed by atoms with van der Waals surface area (Å²) in [7, 11) is 3.28. The quantitative estimate of drug-likeness (QED) is 0.201. The lowest BCUT2D eigenvalue weighted by Gasteiger charge is -2.36. The number of rotatable bonds is 6. The Labute approximate surface area is 284 Å². The van der Waals surface area contributed by atoms with Gasteiger partial charge in [0.05, 0.1) is 48.4 Å². The van der Waals surface area contributed by atoms with Gasteiger partial charge in [0, 0.05) is 48.2 Å². The molecule has 0 unspecified atom stereocenters. The van der Waals surface area contributed by atoms with Gasteiger partial charge >= 0.3 is 6.09 Å². The van der Waals surface area contributed by atoms with Crippen LogP contribution in [0.5, 0.6) is 11.5 Å². The summed E-state index contributed by atoms with van der Waals surface area (Å²) in [5, 5.41) is 8.02. The van der Waals surface area contributed by atoms with Gasteiger partial charge < -0.3 is 29.0 Å². The number of hydrogen-bond donors (Lipinski definition) is 1. The number of fused-ring (bicyclic) bond motifs is 5. The number of nitrogens with zero attached hydrogens (tertiary/aromatic N) is 5. The standard InChI is InChI=1S/C38H40N6O5/c1-23-31-32-29-16-11-26(42-17-19-43(20-18-42)37(46)49-38(2,3)4)21-30(29)39-36(45)33(32)34(25-9-14-28(48-6)15-10-25)40-35(31)44(41-23)22-24-7-12-27(47-5)13-8-24/h7-16,21H,17-20,22H2,1-6H3,(H,39,45). The van der Waals surface area contributed by atoms with Crippen LogP contribution < -0.4 is 19.9 Å². The van der Waals surface area contributed by atoms with E-state index in [9.17, 15) is 9.59 Å². The molecule has 0 spiro atoms. The fourth-order valence-electron chi connectivity index (χ4n) is 6.55. The fraction of sp³-hybridized carbons (Fsp3) is 0.316. The smallest absolute Gasteiger partial charge is 0.410 e. The molecule has 6 aromatic rings. The van der Waals surface area contributed by atoms with Crippen LogP contribution in [0.25, 0.3) is 44.0 Å². The second-order valence-corrected chi connectivity index (χ2v) is 13.4. The van der Waals surface area contributed by atoms with Gasteiger partial charge in [-0.3, -0.25) is 4.79 Å². The van der Waals surface area contributed by atoms with E-state index in [1.165, 1.54) is 0 Å². The lowest BCUT2D eigenvalue weighted by molar-refractivity contribution is 0.0240. The van der Waals surface area contributed by atoms with E-state index in [1.807, 2.05) is 87.0 Å². The third-order valence-electron chi connectivity index (χ3n) is 8.95. The second-order valence-electron chi connectivity index (χ2n) is 13.4. The van der Waals surface area contributed by atoms with Gasteiger partial charge in [-0.2, -0.15) is 5.10 Å². The van der Waals surface area contributed by atoms with E-state index in [0.29, 0.717) is 55.2 Å². The van der Waals surface area contributed by atoms with E-state index in [4.69, 9.17) is 24.3 Å². The van der Waals surface area contributed by atoms with Crippen LogP contribution in [0.15, 0.2) is 71.5 Å². The van der Waals surface area contributed by atoms with Crippen LogP contribution in [-0.2, 0) is 11.3 Å². The van der Waals surface area contributed by atoms with Crippen LogP contribution >= 0.6 is 0 Å². The van der Waals surface area contributed by atoms with Crippen molar-refractivity contribution in [2.24, 2.45) is 0 Å². The number of piperazine rings is 1. The van der Waals surface area contributed by atoms with Gasteiger partial charge in [-0.05, 0) is 81.8 Å². The highest BCUT2D eigenvalue weighted by atomic mass is 16.6. The summed E-state index contributed by atoms with van der Waals surface area (Å²) in [6, 6.07) is 21.7. The van der Waals surface area contributed by atoms with Crippen molar-refractivity contribution in [1.29, 1.82) is 0 Å². The van der Waals surface area contributed by atoms with Gasteiger partial charge in [-0.15, -0.1) is 0 Å². The second kappa shape index (κ2) is 12.5. The normalized spacial score (nSPS) is 13.8. The lowest BCUT2D eigenvalue weighted by atomic mass is 9.98. The fourth-order valence-corrected chi connectivity index (χ4v) is 6.55. The first-order valence-electron chi connectivity index (χ1n) is 16.4. The Balaban J connectivity index is 1.35. The Hall–Kier alpha value is -5.58. The number of methoxy groups -OCH3 is 2. The van der Waals surface area contributed by atoms with Crippen molar-refractivity contribution in [3.8, 4) is 22.8 Å². The number of benzene rings is 3. The number of H-pyrrole nitrogens is 1. The van der Waals surface area contributed by atoms with Crippen LogP contribution in [0, 0.1) is 6.92 Å². The molecule has 0 bridgehead atoms. The maximum atomic E-state index is 14.1. The van der Waals surface area contributed by atoms with Crippen LogP contribution in [0.4, 0.5) is 10.5 Å². The molecule has 11 heteroatoms. The molecule has 0 saturated carbocycles. The van der Waals surface area contributed by atoms with Crippen molar-refractivity contribution in [3.05, 3.63) is 88.3 Å². The summed E-state index contributed by atoms with van der Waals surface area (Å²) in [6.45, 7) is 10.5. The number of ether oxygens (including phenoxy) is 3. The van der Waals surface area contributed by atoms with Gasteiger partial charge in [-0.25, -0.2) is 14.5 Å². The summed E-state index contributed by atoms with van der Waals surface area (Å²) in [6.07, 6.45) is -0.297. The van der Waals surface area contributed by atoms with Gasteiger partial charge in [0.15, 0.2) is 5.65 Å². The minimum absolute atomic E-state index is 0.225. The Morgan fingerprint density at radius 3 is 2.14 bits per heavy atom. The monoisotopic (exact) mass is 660 g/mol. The highest BCUT2D eigenvalue weighted by molar-refractivity contribution is 6.21. The number of aromatic nitrogens is 4. The first kappa shape index (κ1) is 32.0. The summed E-state index contributed by atoms with van der Waals surface area (Å²) in [5.41, 5.74) is 4.83. The summed E-state index contributed by atoms with van der Waals surface area (Å²) in [5.74, 6) is 1.50. The average Bonchev–Trinajstić information content (AvgIpc) is 3.41. The van der Waals surface area contributed by atoms with E-state index in [0.717, 1.165) is 49.9 Å². The van der Waals surface area contributed by atoms with E-state index in [1.54, 1.807) is 19.1 Å². The number of anilines is 1. The van der Waals surface area contributed by atoms with E-state index >= 15 is 0 Å². The first-order chi connectivity index (χ1) is 23.5. The largest absolute Gasteiger partial charge is 0.497 e. The molecular weight excluding hydrogens is 620 g/mol. The molecule has 1 aliphatic rings. The molecule has 7 rings (SSSR count). The van der Waals surface area contributed by atoms with Crippen LogP contribution in [0.1, 0.15) is 32.0 Å². The number of pyridine rings is 2. The molecule has 4 heterocycles. The molecular formula is C38H40N6O5. The highest BCUT2D eigenvalue weighted by Crippen LogP contribution is 2.37. The Morgan fingerprint density at radius 1 is 0.857 bits per heavy atom. The zero-order valence-corrected chi connectivity index (χ0v) is 28.7. The molecule has 1 saturated heterocycles. The van der Waals surface area contributed by atoms with Crippen LogP contribution in [0.2, 0.25) is 0 Å². The number of carbonyl (C=O) groups is 1. The predicted octanol–water partition coefficient (Wildman–Crippen LogP) is 6.52. The predicted molar refractivity (Wildman–Crippen MR) is 192 cm³/mol. The third kappa shape index (κ3) is 6.12. The maximum Gasteiger partial charge on any atom is 0.410 e. The summed E-state index contributed by atoms with van der Waals surface area (Å²) in [4.78, 5) is 39.0. The molecule has 252 valence electrons. The molecule has 1 amide bonds. The zero-order chi connectivity index (χ0) is 34.4. The van der Waals surface area contributed by atoms with Crippen molar-refractivity contribution in [2.75, 3.05) is 45.3 Å². The minimum atomic E-state index is -0.542. The number of aryl methyl sites for hydroxylation is 1. The Morgan fingerprint density at radius 2 is 1.51 bits per heavy atom. The molecule has 1 aliphatic heterocycles. The molecule has 49 heavy (non-hydrogen) atoms. The molecule has 0 aliphatic carbocycles.